The minimum Gasteiger partial charge on any atom is -0.443 e. The predicted octanol–water partition coefficient (Wildman–Crippen LogP) is 12.4. The number of aromatic amines is 2. The highest BCUT2D eigenvalue weighted by Gasteiger charge is 2.32. The number of thioether (sulfide) groups is 2. The number of carbonyl (C=O) groups is 2. The number of amides is 2. The van der Waals surface area contributed by atoms with Gasteiger partial charge in [-0.05, 0) is 112 Å². The summed E-state index contributed by atoms with van der Waals surface area (Å²) in [4.78, 5) is 73.6. The van der Waals surface area contributed by atoms with Gasteiger partial charge in [-0.3, -0.25) is 9.80 Å². The Kier molecular flexibility index (Phi) is 16.7. The Bertz CT molecular complexity index is 4430. The smallest absolute Gasteiger partial charge is 0.415 e. The minimum atomic E-state index is -4.34. The average molecular weight is 1250 g/mol. The van der Waals surface area contributed by atoms with E-state index in [-0.39, 0.29) is 55.7 Å². The molecule has 0 unspecified atom stereocenters. The van der Waals surface area contributed by atoms with Crippen molar-refractivity contribution in [3.8, 4) is 0 Å². The first-order chi connectivity index (χ1) is 39.7. The van der Waals surface area contributed by atoms with Gasteiger partial charge in [0.1, 0.15) is 39.2 Å². The van der Waals surface area contributed by atoms with Crippen molar-refractivity contribution in [1.29, 1.82) is 0 Å². The van der Waals surface area contributed by atoms with Gasteiger partial charge in [-0.15, -0.1) is 11.8 Å². The van der Waals surface area contributed by atoms with Crippen molar-refractivity contribution in [2.24, 2.45) is 0 Å². The van der Waals surface area contributed by atoms with Crippen molar-refractivity contribution in [1.82, 2.24) is 49.8 Å². The molecule has 0 radical (unpaired) electrons. The van der Waals surface area contributed by atoms with Crippen LogP contribution in [0.1, 0.15) is 58.2 Å². The fraction of sp³-hybridized carbons (Fsp3) is 0.250. The molecule has 6 heterocycles. The second-order valence-electron chi connectivity index (χ2n) is 21.1. The number of hydrogen-bond donors (Lipinski definition) is 2. The quantitative estimate of drug-likeness (QED) is 0.0517. The Morgan fingerprint density at radius 2 is 1.17 bits per heavy atom. The van der Waals surface area contributed by atoms with Crippen LogP contribution in [0, 0.1) is 11.6 Å². The van der Waals surface area contributed by atoms with Gasteiger partial charge in [0.05, 0.1) is 55.3 Å². The summed E-state index contributed by atoms with van der Waals surface area (Å²) < 4.78 is 97.2. The molecule has 2 N–H and O–H groups in total. The van der Waals surface area contributed by atoms with E-state index in [0.717, 1.165) is 35.7 Å². The number of fused-ring (bicyclic) bond motifs is 6. The van der Waals surface area contributed by atoms with E-state index in [2.05, 4.69) is 39.9 Å². The number of rotatable bonds is 16. The number of nitrogens with one attached hydrogen (secondary N) is 2. The van der Waals surface area contributed by atoms with Gasteiger partial charge in [-0.2, -0.15) is 0 Å². The normalized spacial score (nSPS) is 12.4. The first-order valence-corrected chi connectivity index (χ1v) is 32.8. The molecule has 0 aliphatic carbocycles. The summed E-state index contributed by atoms with van der Waals surface area (Å²) in [5.41, 5.74) is 1.08. The van der Waals surface area contributed by atoms with E-state index in [1.807, 2.05) is 18.4 Å². The zero-order valence-corrected chi connectivity index (χ0v) is 51.3. The lowest BCUT2D eigenvalue weighted by molar-refractivity contribution is 0.0571. The number of halogens is 2. The van der Waals surface area contributed by atoms with E-state index < -0.39 is 70.6 Å². The molecule has 0 bridgehead atoms. The van der Waals surface area contributed by atoms with E-state index in [1.165, 1.54) is 76.7 Å². The highest BCUT2D eigenvalue weighted by Crippen LogP contribution is 2.42. The molecule has 0 aliphatic heterocycles. The lowest BCUT2D eigenvalue weighted by Crippen LogP contribution is -2.36. The van der Waals surface area contributed by atoms with E-state index in [9.17, 15) is 26.4 Å². The van der Waals surface area contributed by atoms with Gasteiger partial charge in [0.15, 0.2) is 20.5 Å². The standard InChI is InChI=1S/C56H52F2N12O8S6/c1-55(2,3)77-53(71)69(7)39-21-33(57)19-37-41-45(63-43(37)39)65-50(81-35-23-59-49(79-8)60-24-35)67-47(41)80-28-32-17-13-16-31(18-32)27-70(54(72)78-56(4,5)6)40-22-34(58)20-38-42-46(64-44(38)40)66-51(82-36-25-61-52(62-26-36)83(9,73)74)68-48(42)84(75,76)29-30-14-11-10-12-15-30/h10-26H,27-29H2,1-9H3,(H,63,65,67)(H,64,66,68). The SMILES string of the molecule is CSc1ncc(Sc2nc(SCc3cccc(CN(C(=O)OC(C)(C)C)c4cc(F)cc5c4[nH]c4nc(Sc6cnc(S(C)(=O)=O)nc6)nc(S(=O)(=O)Cc6ccccc6)c45)c3)c3c(n2)[nH]c2c(N(C)C(=O)OC(C)(C)C)cc(F)cc23)cn1. The average Bonchev–Trinajstić information content (AvgIpc) is 4.24. The minimum absolute atomic E-state index is 0.00690. The van der Waals surface area contributed by atoms with Gasteiger partial charge in [-0.1, -0.05) is 66.4 Å². The van der Waals surface area contributed by atoms with Crippen molar-refractivity contribution >= 4 is 134 Å². The van der Waals surface area contributed by atoms with Gasteiger partial charge in [0, 0.05) is 54.6 Å². The van der Waals surface area contributed by atoms with Crippen LogP contribution in [-0.4, -0.2) is 110 Å². The number of H-pyrrole nitrogens is 2. The number of hydrogen-bond acceptors (Lipinski definition) is 20. The number of anilines is 2. The first kappa shape index (κ1) is 59.7. The molecule has 0 saturated carbocycles. The molecule has 10 rings (SSSR count). The maximum absolute atomic E-state index is 16.4. The topological polar surface area (TPSA) is 262 Å². The number of sulfone groups is 2. The summed E-state index contributed by atoms with van der Waals surface area (Å²) in [6, 6.07) is 20.7. The molecule has 434 valence electrons. The van der Waals surface area contributed by atoms with Crippen molar-refractivity contribution in [3.05, 3.63) is 132 Å². The van der Waals surface area contributed by atoms with E-state index in [1.54, 1.807) is 96.4 Å². The zero-order chi connectivity index (χ0) is 60.0. The Morgan fingerprint density at radius 3 is 1.77 bits per heavy atom. The molecular weight excluding hydrogens is 1200 g/mol. The molecule has 84 heavy (non-hydrogen) atoms. The Labute approximate surface area is 498 Å². The lowest BCUT2D eigenvalue weighted by Gasteiger charge is -2.28. The van der Waals surface area contributed by atoms with Crippen LogP contribution in [0.3, 0.4) is 0 Å². The second kappa shape index (κ2) is 23.5. The van der Waals surface area contributed by atoms with E-state index >= 15 is 8.78 Å². The molecule has 10 aromatic rings. The summed E-state index contributed by atoms with van der Waals surface area (Å²) >= 11 is 4.83. The molecule has 28 heteroatoms. The van der Waals surface area contributed by atoms with Gasteiger partial charge in [0.25, 0.3) is 0 Å². The zero-order valence-electron chi connectivity index (χ0n) is 46.4. The molecule has 2 amide bonds. The van der Waals surface area contributed by atoms with Crippen molar-refractivity contribution < 1.29 is 44.7 Å². The van der Waals surface area contributed by atoms with Crippen LogP contribution in [0.25, 0.3) is 43.9 Å². The third kappa shape index (κ3) is 13.5. The van der Waals surface area contributed by atoms with Crippen LogP contribution >= 0.6 is 47.0 Å². The van der Waals surface area contributed by atoms with Crippen LogP contribution in [-0.2, 0) is 47.2 Å². The fourth-order valence-corrected chi connectivity index (χ4v) is 13.5. The predicted molar refractivity (Wildman–Crippen MR) is 320 cm³/mol. The monoisotopic (exact) mass is 1250 g/mol. The first-order valence-electron chi connectivity index (χ1n) is 25.4. The van der Waals surface area contributed by atoms with Crippen molar-refractivity contribution in [2.75, 3.05) is 29.4 Å². The van der Waals surface area contributed by atoms with E-state index in [4.69, 9.17) is 19.4 Å². The number of nitrogens with zero attached hydrogens (tertiary/aromatic N) is 10. The maximum Gasteiger partial charge on any atom is 0.415 e. The second-order valence-corrected chi connectivity index (χ2v) is 28.7. The van der Waals surface area contributed by atoms with Crippen LogP contribution in [0.15, 0.2) is 144 Å². The Hall–Kier alpha value is -7.50. The highest BCUT2D eigenvalue weighted by molar-refractivity contribution is 8.00. The summed E-state index contributed by atoms with van der Waals surface area (Å²) in [7, 11) is -6.58. The lowest BCUT2D eigenvalue weighted by atomic mass is 10.1. The van der Waals surface area contributed by atoms with Gasteiger partial charge in [-0.25, -0.2) is 75.1 Å². The summed E-state index contributed by atoms with van der Waals surface area (Å²) in [6.07, 6.45) is 7.11. The fourth-order valence-electron chi connectivity index (χ4n) is 8.71. The Morgan fingerprint density at radius 1 is 0.631 bits per heavy atom. The third-order valence-corrected chi connectivity index (χ3v) is 17.9. The van der Waals surface area contributed by atoms with Gasteiger partial charge >= 0.3 is 12.2 Å². The summed E-state index contributed by atoms with van der Waals surface area (Å²) in [5, 5.41) is 1.39. The number of ether oxygens (including phenoxy) is 2. The van der Waals surface area contributed by atoms with Crippen molar-refractivity contribution in [3.63, 3.8) is 0 Å². The highest BCUT2D eigenvalue weighted by atomic mass is 32.2. The number of benzene rings is 4. The maximum atomic E-state index is 16.4. The van der Waals surface area contributed by atoms with Crippen LogP contribution < -0.4 is 9.80 Å². The third-order valence-electron chi connectivity index (χ3n) is 12.2. The van der Waals surface area contributed by atoms with Gasteiger partial charge in [0.2, 0.25) is 24.8 Å². The molecular formula is C56H52F2N12O8S6. The molecule has 0 saturated heterocycles. The molecule has 4 aromatic carbocycles. The molecule has 0 fully saturated rings. The molecule has 0 atom stereocenters. The molecule has 6 aromatic heterocycles. The molecule has 0 aliphatic rings. The largest absolute Gasteiger partial charge is 0.443 e. The molecule has 20 nitrogen and oxygen atoms in total. The van der Waals surface area contributed by atoms with Crippen molar-refractivity contribution in [2.45, 2.75) is 111 Å². The molecule has 0 spiro atoms. The summed E-state index contributed by atoms with van der Waals surface area (Å²) in [6.45, 7) is 10.1. The Balaban J connectivity index is 1.04. The van der Waals surface area contributed by atoms with Crippen LogP contribution in [0.2, 0.25) is 0 Å². The van der Waals surface area contributed by atoms with Crippen LogP contribution in [0.4, 0.5) is 29.7 Å². The van der Waals surface area contributed by atoms with E-state index in [0.29, 0.717) is 53.3 Å². The van der Waals surface area contributed by atoms with Gasteiger partial charge < -0.3 is 19.4 Å². The van der Waals surface area contributed by atoms with Crippen LogP contribution in [0.5, 0.6) is 0 Å². The summed E-state index contributed by atoms with van der Waals surface area (Å²) in [5.74, 6) is -1.63. The number of carbonyl (C=O) groups excluding carboxylic acids is 2. The number of aromatic nitrogens is 10.